The molecule has 0 unspecified atom stereocenters. The molecule has 2 heterocycles. The lowest BCUT2D eigenvalue weighted by atomic mass is 10.0. The van der Waals surface area contributed by atoms with Gasteiger partial charge in [0.2, 0.25) is 0 Å². The molecule has 0 amide bonds. The van der Waals surface area contributed by atoms with Crippen LogP contribution in [0.15, 0.2) is 144 Å². The summed E-state index contributed by atoms with van der Waals surface area (Å²) in [4.78, 5) is 13.3. The van der Waals surface area contributed by atoms with E-state index in [0.29, 0.717) is 0 Å². The number of para-hydroxylation sites is 2. The number of hydrogen-bond acceptors (Lipinski definition) is 4. The lowest BCUT2D eigenvalue weighted by Crippen LogP contribution is -2.11. The van der Waals surface area contributed by atoms with Crippen molar-refractivity contribution in [2.45, 2.75) is 0 Å². The standard InChI is InChI=1S/2C16H14N2/c2*1-18-12-11-17-16(13-7-3-2-4-8-13)14-9-5-6-10-15(14)18/h2*2-12H,1H3. The molecule has 6 rings (SSSR count). The van der Waals surface area contributed by atoms with E-state index >= 15 is 0 Å². The average Bonchev–Trinajstić information content (AvgIpc) is 3.22. The second-order valence-electron chi connectivity index (χ2n) is 8.54. The van der Waals surface area contributed by atoms with Gasteiger partial charge >= 0.3 is 0 Å². The maximum absolute atomic E-state index is 4.58. The Balaban J connectivity index is 0.000000148. The molecule has 0 saturated heterocycles. The van der Waals surface area contributed by atoms with Crippen molar-refractivity contribution in [3.8, 4) is 0 Å². The smallest absolute Gasteiger partial charge is 0.0795 e. The normalized spacial score (nSPS) is 13.8. The van der Waals surface area contributed by atoms with Crippen LogP contribution in [-0.4, -0.2) is 25.5 Å². The van der Waals surface area contributed by atoms with Crippen LogP contribution >= 0.6 is 0 Å². The van der Waals surface area contributed by atoms with Crippen molar-refractivity contribution in [2.24, 2.45) is 9.98 Å². The molecular formula is C32H28N4. The topological polar surface area (TPSA) is 31.2 Å². The van der Waals surface area contributed by atoms with Gasteiger partial charge in [-0.25, -0.2) is 0 Å². The predicted molar refractivity (Wildman–Crippen MR) is 152 cm³/mol. The Hall–Kier alpha value is -4.70. The van der Waals surface area contributed by atoms with Crippen molar-refractivity contribution in [3.63, 3.8) is 0 Å². The Kier molecular flexibility index (Phi) is 6.86. The first kappa shape index (κ1) is 23.1. The van der Waals surface area contributed by atoms with E-state index < -0.39 is 0 Å². The van der Waals surface area contributed by atoms with Gasteiger partial charge in [-0.2, -0.15) is 0 Å². The van der Waals surface area contributed by atoms with Gasteiger partial charge in [0, 0.05) is 72.5 Å². The number of nitrogens with zero attached hydrogens (tertiary/aromatic N) is 4. The molecule has 0 N–H and O–H groups in total. The van der Waals surface area contributed by atoms with Crippen LogP contribution in [0.2, 0.25) is 0 Å². The van der Waals surface area contributed by atoms with Crippen LogP contribution in [0.4, 0.5) is 11.4 Å². The minimum absolute atomic E-state index is 1.02. The second-order valence-corrected chi connectivity index (χ2v) is 8.54. The van der Waals surface area contributed by atoms with Crippen LogP contribution in [0.1, 0.15) is 22.3 Å². The third-order valence-electron chi connectivity index (χ3n) is 6.16. The molecule has 2 aliphatic rings. The summed E-state index contributed by atoms with van der Waals surface area (Å²) >= 11 is 0. The highest BCUT2D eigenvalue weighted by Crippen LogP contribution is 2.26. The first-order valence-electron chi connectivity index (χ1n) is 12.0. The van der Waals surface area contributed by atoms with Crippen molar-refractivity contribution in [1.29, 1.82) is 0 Å². The Morgan fingerprint density at radius 3 is 1.22 bits per heavy atom. The Morgan fingerprint density at radius 1 is 0.444 bits per heavy atom. The quantitative estimate of drug-likeness (QED) is 0.321. The molecule has 0 bridgehead atoms. The van der Waals surface area contributed by atoms with Crippen LogP contribution < -0.4 is 9.80 Å². The Bertz CT molecular complexity index is 1340. The first-order chi connectivity index (χ1) is 17.7. The number of benzene rings is 4. The molecule has 2 aliphatic heterocycles. The van der Waals surface area contributed by atoms with E-state index in [9.17, 15) is 0 Å². The maximum atomic E-state index is 4.58. The zero-order valence-corrected chi connectivity index (χ0v) is 20.5. The zero-order chi connectivity index (χ0) is 24.7. The van der Waals surface area contributed by atoms with Gasteiger partial charge in [-0.3, -0.25) is 9.98 Å². The summed E-state index contributed by atoms with van der Waals surface area (Å²) in [5, 5.41) is 0. The molecule has 0 aliphatic carbocycles. The van der Waals surface area contributed by atoms with Crippen molar-refractivity contribution in [2.75, 3.05) is 23.9 Å². The predicted octanol–water partition coefficient (Wildman–Crippen LogP) is 6.89. The largest absolute Gasteiger partial charge is 0.349 e. The van der Waals surface area contributed by atoms with Gasteiger partial charge in [0.25, 0.3) is 0 Å². The summed E-state index contributed by atoms with van der Waals surface area (Å²) in [5.74, 6) is 0. The van der Waals surface area contributed by atoms with Crippen LogP contribution in [-0.2, 0) is 0 Å². The van der Waals surface area contributed by atoms with Gasteiger partial charge in [0.05, 0.1) is 11.4 Å². The summed E-state index contributed by atoms with van der Waals surface area (Å²) in [6.07, 6.45) is 7.66. The molecule has 0 atom stereocenters. The second kappa shape index (κ2) is 10.7. The fourth-order valence-electron chi connectivity index (χ4n) is 4.33. The van der Waals surface area contributed by atoms with Gasteiger partial charge in [0.1, 0.15) is 0 Å². The number of hydrogen-bond donors (Lipinski definition) is 0. The number of fused-ring (bicyclic) bond motifs is 2. The third kappa shape index (κ3) is 4.89. The zero-order valence-electron chi connectivity index (χ0n) is 20.5. The van der Waals surface area contributed by atoms with Gasteiger partial charge < -0.3 is 9.80 Å². The molecular weight excluding hydrogens is 440 g/mol. The van der Waals surface area contributed by atoms with Gasteiger partial charge in [0.15, 0.2) is 0 Å². The molecule has 0 aromatic heterocycles. The van der Waals surface area contributed by atoms with Crippen molar-refractivity contribution >= 4 is 22.8 Å². The van der Waals surface area contributed by atoms with Crippen LogP contribution in [0.3, 0.4) is 0 Å². The number of aliphatic imine (C=N–C) groups is 2. The molecule has 0 fully saturated rings. The molecule has 0 saturated carbocycles. The minimum atomic E-state index is 1.02. The highest BCUT2D eigenvalue weighted by molar-refractivity contribution is 6.17. The summed E-state index contributed by atoms with van der Waals surface area (Å²) < 4.78 is 0. The van der Waals surface area contributed by atoms with Crippen molar-refractivity contribution in [3.05, 3.63) is 156 Å². The van der Waals surface area contributed by atoms with Crippen molar-refractivity contribution in [1.82, 2.24) is 0 Å². The maximum Gasteiger partial charge on any atom is 0.0795 e. The van der Waals surface area contributed by atoms with Gasteiger partial charge in [-0.05, 0) is 12.1 Å². The summed E-state index contributed by atoms with van der Waals surface area (Å²) in [6, 6.07) is 37.2. The summed E-state index contributed by atoms with van der Waals surface area (Å²) in [5.41, 5.74) is 9.00. The average molecular weight is 469 g/mol. The van der Waals surface area contributed by atoms with Crippen LogP contribution in [0, 0.1) is 0 Å². The minimum Gasteiger partial charge on any atom is -0.349 e. The van der Waals surface area contributed by atoms with Crippen LogP contribution in [0.5, 0.6) is 0 Å². The molecule has 0 spiro atoms. The van der Waals surface area contributed by atoms with E-state index in [2.05, 4.69) is 92.6 Å². The molecule has 36 heavy (non-hydrogen) atoms. The summed E-state index contributed by atoms with van der Waals surface area (Å²) in [6.45, 7) is 0. The van der Waals surface area contributed by atoms with E-state index in [0.717, 1.165) is 33.7 Å². The fourth-order valence-corrected chi connectivity index (χ4v) is 4.33. The lowest BCUT2D eigenvalue weighted by molar-refractivity contribution is 1.20. The van der Waals surface area contributed by atoms with Crippen LogP contribution in [0.25, 0.3) is 0 Å². The van der Waals surface area contributed by atoms with Gasteiger partial charge in [-0.15, -0.1) is 0 Å². The highest BCUT2D eigenvalue weighted by Gasteiger charge is 2.15. The Morgan fingerprint density at radius 2 is 0.806 bits per heavy atom. The molecule has 4 heteroatoms. The molecule has 4 aromatic rings. The van der Waals surface area contributed by atoms with E-state index in [1.54, 1.807) is 0 Å². The highest BCUT2D eigenvalue weighted by atomic mass is 15.1. The fraction of sp³-hybridized carbons (Fsp3) is 0.0625. The SMILES string of the molecule is CN1C=CN=C(c2ccccc2)c2ccccc21.CN1C=CN=C(c2ccccc2)c2ccccc21. The summed E-state index contributed by atoms with van der Waals surface area (Å²) in [7, 11) is 4.08. The van der Waals surface area contributed by atoms with E-state index in [1.807, 2.05) is 75.3 Å². The van der Waals surface area contributed by atoms with E-state index in [4.69, 9.17) is 0 Å². The van der Waals surface area contributed by atoms with E-state index in [1.165, 1.54) is 11.4 Å². The monoisotopic (exact) mass is 468 g/mol. The lowest BCUT2D eigenvalue weighted by Gasteiger charge is -2.17. The third-order valence-corrected chi connectivity index (χ3v) is 6.16. The molecule has 4 nitrogen and oxygen atoms in total. The number of rotatable bonds is 2. The first-order valence-corrected chi connectivity index (χ1v) is 12.0. The van der Waals surface area contributed by atoms with Crippen molar-refractivity contribution < 1.29 is 0 Å². The molecule has 0 radical (unpaired) electrons. The molecule has 176 valence electrons. The number of anilines is 2. The van der Waals surface area contributed by atoms with Gasteiger partial charge in [-0.1, -0.05) is 97.1 Å². The Labute approximate surface area is 212 Å². The van der Waals surface area contributed by atoms with E-state index in [-0.39, 0.29) is 0 Å². The molecule has 4 aromatic carbocycles.